The number of nitrogens with zero attached hydrogens (tertiary/aromatic N) is 1. The minimum Gasteiger partial charge on any atom is -0.507 e. The largest absolute Gasteiger partial charge is 0.507 e. The Balaban J connectivity index is 2.75. The van der Waals surface area contributed by atoms with Crippen LogP contribution in [0.1, 0.15) is 5.56 Å². The Labute approximate surface area is 103 Å². The molecule has 1 N–H and O–H groups in total. The average molecular weight is 247 g/mol. The third-order valence-corrected chi connectivity index (χ3v) is 2.92. The normalized spacial score (nSPS) is 10.6. The van der Waals surface area contributed by atoms with Gasteiger partial charge in [-0.05, 0) is 12.1 Å². The van der Waals surface area contributed by atoms with Crippen LogP contribution >= 0.6 is 0 Å². The number of fused-ring (bicyclic) bond motifs is 1. The molecule has 0 fully saturated rings. The summed E-state index contributed by atoms with van der Waals surface area (Å²) in [6.07, 6.45) is -0.236. The molecule has 1 heterocycles. The van der Waals surface area contributed by atoms with Crippen molar-refractivity contribution in [1.82, 2.24) is 4.57 Å². The molecule has 1 aromatic carbocycles. The van der Waals surface area contributed by atoms with Crippen molar-refractivity contribution in [2.75, 3.05) is 7.11 Å². The first-order valence-corrected chi connectivity index (χ1v) is 5.42. The Morgan fingerprint density at radius 3 is 2.72 bits per heavy atom. The second kappa shape index (κ2) is 4.52. The molecule has 2 rings (SSSR count). The number of pyridine rings is 1. The van der Waals surface area contributed by atoms with Crippen LogP contribution in [0.15, 0.2) is 29.1 Å². The predicted molar refractivity (Wildman–Crippen MR) is 66.6 cm³/mol. The van der Waals surface area contributed by atoms with Crippen LogP contribution in [0.2, 0.25) is 0 Å². The molecule has 0 saturated carbocycles. The van der Waals surface area contributed by atoms with Gasteiger partial charge in [0.15, 0.2) is 0 Å². The van der Waals surface area contributed by atoms with Crippen LogP contribution in [0, 0.1) is 0 Å². The molecule has 94 valence electrons. The van der Waals surface area contributed by atoms with Crippen LogP contribution in [0.25, 0.3) is 10.9 Å². The van der Waals surface area contributed by atoms with Gasteiger partial charge in [-0.2, -0.15) is 0 Å². The number of hydrogen-bond donors (Lipinski definition) is 1. The van der Waals surface area contributed by atoms with E-state index in [4.69, 9.17) is 0 Å². The van der Waals surface area contributed by atoms with Gasteiger partial charge in [0.1, 0.15) is 5.75 Å². The zero-order valence-corrected chi connectivity index (χ0v) is 10.1. The lowest BCUT2D eigenvalue weighted by Crippen LogP contribution is -2.24. The standard InChI is InChI=1S/C13H13NO4/c1-14-10-6-4-3-5-8(10)12(16)9(13(14)17)7-11(15)18-2/h3-6,16H,7H2,1-2H3. The SMILES string of the molecule is COC(=O)Cc1c(O)c2ccccc2n(C)c1=O. The third-order valence-electron chi connectivity index (χ3n) is 2.92. The first kappa shape index (κ1) is 12.2. The molecule has 0 aliphatic heterocycles. The Hall–Kier alpha value is -2.30. The molecule has 2 aromatic rings. The lowest BCUT2D eigenvalue weighted by molar-refractivity contribution is -0.139. The van der Waals surface area contributed by atoms with E-state index in [1.165, 1.54) is 11.7 Å². The highest BCUT2D eigenvalue weighted by molar-refractivity contribution is 5.87. The smallest absolute Gasteiger partial charge is 0.310 e. The summed E-state index contributed by atoms with van der Waals surface area (Å²) in [7, 11) is 2.84. The van der Waals surface area contributed by atoms with Gasteiger partial charge in [-0.3, -0.25) is 9.59 Å². The number of benzene rings is 1. The summed E-state index contributed by atoms with van der Waals surface area (Å²) >= 11 is 0. The lowest BCUT2D eigenvalue weighted by atomic mass is 10.1. The summed E-state index contributed by atoms with van der Waals surface area (Å²) in [5, 5.41) is 10.6. The second-order valence-electron chi connectivity index (χ2n) is 3.96. The van der Waals surface area contributed by atoms with Crippen molar-refractivity contribution >= 4 is 16.9 Å². The second-order valence-corrected chi connectivity index (χ2v) is 3.96. The summed E-state index contributed by atoms with van der Waals surface area (Å²) in [5.41, 5.74) is 0.285. The number of aryl methyl sites for hydroxylation is 1. The van der Waals surface area contributed by atoms with Gasteiger partial charge in [-0.25, -0.2) is 0 Å². The summed E-state index contributed by atoms with van der Waals surface area (Å²) in [6, 6.07) is 6.97. The number of carbonyl (C=O) groups excluding carboxylic acids is 1. The summed E-state index contributed by atoms with van der Waals surface area (Å²) in [6.45, 7) is 0. The fourth-order valence-electron chi connectivity index (χ4n) is 1.92. The molecular weight excluding hydrogens is 234 g/mol. The Kier molecular flexibility index (Phi) is 3.06. The fourth-order valence-corrected chi connectivity index (χ4v) is 1.92. The third kappa shape index (κ3) is 1.84. The maximum absolute atomic E-state index is 12.1. The molecule has 5 heteroatoms. The number of methoxy groups -OCH3 is 1. The van der Waals surface area contributed by atoms with Gasteiger partial charge in [0.05, 0.1) is 24.6 Å². The Morgan fingerprint density at radius 2 is 2.06 bits per heavy atom. The lowest BCUT2D eigenvalue weighted by Gasteiger charge is -2.10. The molecule has 18 heavy (non-hydrogen) atoms. The van der Waals surface area contributed by atoms with Crippen LogP contribution in [0.5, 0.6) is 5.75 Å². The molecule has 0 radical (unpaired) electrons. The van der Waals surface area contributed by atoms with E-state index in [0.29, 0.717) is 10.9 Å². The van der Waals surface area contributed by atoms with Crippen LogP contribution < -0.4 is 5.56 Å². The molecule has 0 aliphatic carbocycles. The zero-order valence-electron chi connectivity index (χ0n) is 10.1. The van der Waals surface area contributed by atoms with Crippen molar-refractivity contribution in [2.45, 2.75) is 6.42 Å². The zero-order chi connectivity index (χ0) is 13.3. The number of esters is 1. The highest BCUT2D eigenvalue weighted by Crippen LogP contribution is 2.25. The minimum atomic E-state index is -0.558. The van der Waals surface area contributed by atoms with Crippen LogP contribution in [0.4, 0.5) is 0 Å². The Morgan fingerprint density at radius 1 is 1.39 bits per heavy atom. The molecule has 1 aromatic heterocycles. The molecule has 0 saturated heterocycles. The average Bonchev–Trinajstić information content (AvgIpc) is 2.40. The quantitative estimate of drug-likeness (QED) is 0.802. The number of para-hydroxylation sites is 1. The molecule has 0 amide bonds. The molecular formula is C13H13NO4. The number of aromatic nitrogens is 1. The molecule has 5 nitrogen and oxygen atoms in total. The van der Waals surface area contributed by atoms with E-state index in [9.17, 15) is 14.7 Å². The topological polar surface area (TPSA) is 68.5 Å². The van der Waals surface area contributed by atoms with E-state index < -0.39 is 11.5 Å². The first-order chi connectivity index (χ1) is 8.56. The Bertz CT molecular complexity index is 672. The van der Waals surface area contributed by atoms with Crippen molar-refractivity contribution in [1.29, 1.82) is 0 Å². The summed E-state index contributed by atoms with van der Waals surface area (Å²) in [5.74, 6) is -0.711. The number of aromatic hydroxyl groups is 1. The van der Waals surface area contributed by atoms with Gasteiger partial charge in [-0.15, -0.1) is 0 Å². The van der Waals surface area contributed by atoms with Crippen LogP contribution in [0.3, 0.4) is 0 Å². The van der Waals surface area contributed by atoms with Gasteiger partial charge < -0.3 is 14.4 Å². The molecule has 0 atom stereocenters. The van der Waals surface area contributed by atoms with E-state index in [2.05, 4.69) is 4.74 Å². The fraction of sp³-hybridized carbons (Fsp3) is 0.231. The van der Waals surface area contributed by atoms with Crippen LogP contribution in [-0.4, -0.2) is 22.8 Å². The van der Waals surface area contributed by atoms with Crippen molar-refractivity contribution in [3.05, 3.63) is 40.2 Å². The van der Waals surface area contributed by atoms with Gasteiger partial charge in [-0.1, -0.05) is 12.1 Å². The highest BCUT2D eigenvalue weighted by atomic mass is 16.5. The van der Waals surface area contributed by atoms with E-state index in [1.54, 1.807) is 31.3 Å². The van der Waals surface area contributed by atoms with E-state index in [0.717, 1.165) is 0 Å². The summed E-state index contributed by atoms with van der Waals surface area (Å²) < 4.78 is 5.93. The van der Waals surface area contributed by atoms with E-state index >= 15 is 0 Å². The van der Waals surface area contributed by atoms with Crippen molar-refractivity contribution in [3.8, 4) is 5.75 Å². The van der Waals surface area contributed by atoms with Crippen LogP contribution in [-0.2, 0) is 23.0 Å². The van der Waals surface area contributed by atoms with Gasteiger partial charge in [0.2, 0.25) is 0 Å². The molecule has 0 aliphatic rings. The number of rotatable bonds is 2. The van der Waals surface area contributed by atoms with Gasteiger partial charge in [0, 0.05) is 12.4 Å². The van der Waals surface area contributed by atoms with Gasteiger partial charge >= 0.3 is 5.97 Å². The number of hydrogen-bond acceptors (Lipinski definition) is 4. The highest BCUT2D eigenvalue weighted by Gasteiger charge is 2.17. The van der Waals surface area contributed by atoms with E-state index in [-0.39, 0.29) is 17.7 Å². The molecule has 0 spiro atoms. The monoisotopic (exact) mass is 247 g/mol. The minimum absolute atomic E-state index is 0.0584. The maximum atomic E-state index is 12.1. The van der Waals surface area contributed by atoms with Crippen molar-refractivity contribution in [3.63, 3.8) is 0 Å². The maximum Gasteiger partial charge on any atom is 0.310 e. The van der Waals surface area contributed by atoms with Gasteiger partial charge in [0.25, 0.3) is 5.56 Å². The molecule has 0 bridgehead atoms. The van der Waals surface area contributed by atoms with E-state index in [1.807, 2.05) is 0 Å². The van der Waals surface area contributed by atoms with Crippen molar-refractivity contribution in [2.24, 2.45) is 7.05 Å². The number of carbonyl (C=O) groups is 1. The number of ether oxygens (including phenoxy) is 1. The molecule has 0 unspecified atom stereocenters. The summed E-state index contributed by atoms with van der Waals surface area (Å²) in [4.78, 5) is 23.3. The van der Waals surface area contributed by atoms with Crippen molar-refractivity contribution < 1.29 is 14.6 Å². The first-order valence-electron chi connectivity index (χ1n) is 5.42. The predicted octanol–water partition coefficient (Wildman–Crippen LogP) is 0.960.